The van der Waals surface area contributed by atoms with Gasteiger partial charge in [0.25, 0.3) is 5.56 Å². The summed E-state index contributed by atoms with van der Waals surface area (Å²) in [6.07, 6.45) is -3.95. The van der Waals surface area contributed by atoms with E-state index in [1.165, 1.54) is 0 Å². The number of aliphatic hydroxyl groups excluding tert-OH is 1. The molecule has 0 unspecified atom stereocenters. The van der Waals surface area contributed by atoms with Crippen molar-refractivity contribution in [1.82, 2.24) is 4.57 Å². The molecule has 1 fully saturated rings. The molecule has 2 N–H and O–H groups in total. The minimum absolute atomic E-state index is 0.419. The predicted octanol–water partition coefficient (Wildman–Crippen LogP) is 1.52. The quantitative estimate of drug-likeness (QED) is 0.867. The second-order valence-electron chi connectivity index (χ2n) is 4.75. The van der Waals surface area contributed by atoms with E-state index in [0.29, 0.717) is 25.1 Å². The first-order valence-corrected chi connectivity index (χ1v) is 5.99. The molecule has 0 saturated heterocycles. The van der Waals surface area contributed by atoms with Crippen molar-refractivity contribution in [3.63, 3.8) is 0 Å². The highest BCUT2D eigenvalue weighted by atomic mass is 19.4. The summed E-state index contributed by atoms with van der Waals surface area (Å²) < 4.78 is 39.3. The fraction of sp³-hybridized carbons (Fsp3) is 0.500. The molecule has 1 saturated carbocycles. The summed E-state index contributed by atoms with van der Waals surface area (Å²) in [6.45, 7) is 1.10. The van der Waals surface area contributed by atoms with E-state index in [1.54, 1.807) is 0 Å². The number of hydrogen-bond acceptors (Lipinski definition) is 3. The van der Waals surface area contributed by atoms with Crippen LogP contribution >= 0.6 is 0 Å². The Morgan fingerprint density at radius 1 is 1.45 bits per heavy atom. The van der Waals surface area contributed by atoms with Gasteiger partial charge in [-0.1, -0.05) is 0 Å². The number of hydrogen-bond donors (Lipinski definition) is 2. The van der Waals surface area contributed by atoms with Crippen molar-refractivity contribution in [3.8, 4) is 0 Å². The smallest absolute Gasteiger partial charge is 0.391 e. The van der Waals surface area contributed by atoms with Crippen molar-refractivity contribution < 1.29 is 23.1 Å². The van der Waals surface area contributed by atoms with E-state index in [2.05, 4.69) is 5.32 Å². The van der Waals surface area contributed by atoms with Gasteiger partial charge in [0.2, 0.25) is 5.91 Å². The number of alkyl halides is 3. The fourth-order valence-electron chi connectivity index (χ4n) is 2.07. The molecule has 0 bridgehead atoms. The number of aliphatic hydroxyl groups is 1. The third-order valence-electron chi connectivity index (χ3n) is 3.24. The van der Waals surface area contributed by atoms with Crippen LogP contribution in [0.1, 0.15) is 31.4 Å². The average Bonchev–Trinajstić information content (AvgIpc) is 2.30. The Hall–Kier alpha value is -1.83. The highest BCUT2D eigenvalue weighted by molar-refractivity contribution is 5.88. The standard InChI is InChI=1S/C12H13F3N2O3/c1-6(18)16-8-4-7(12(13,14)15)5-17(11(8)20)9-2-3-10(9)19/h4-5,9-10,19H,2-3H2,1H3,(H,16,18)/t9-,10+/m1/s1. The Kier molecular flexibility index (Phi) is 3.59. The molecule has 0 aromatic carbocycles. The number of pyridine rings is 1. The number of carbonyl (C=O) groups is 1. The summed E-state index contributed by atoms with van der Waals surface area (Å²) in [4.78, 5) is 23.0. The zero-order valence-corrected chi connectivity index (χ0v) is 10.6. The number of rotatable bonds is 2. The lowest BCUT2D eigenvalue weighted by Crippen LogP contribution is -2.40. The van der Waals surface area contributed by atoms with Crippen LogP contribution in [0.5, 0.6) is 0 Å². The maximum atomic E-state index is 12.8. The van der Waals surface area contributed by atoms with Crippen molar-refractivity contribution in [3.05, 3.63) is 28.2 Å². The maximum absolute atomic E-state index is 12.8. The molecule has 1 aliphatic carbocycles. The molecular weight excluding hydrogens is 277 g/mol. The molecule has 2 atom stereocenters. The van der Waals surface area contributed by atoms with Gasteiger partial charge in [0.05, 0.1) is 17.7 Å². The van der Waals surface area contributed by atoms with E-state index in [1.807, 2.05) is 0 Å². The van der Waals surface area contributed by atoms with Gasteiger partial charge in [-0.25, -0.2) is 0 Å². The number of amides is 1. The molecular formula is C12H13F3N2O3. The van der Waals surface area contributed by atoms with Gasteiger partial charge in [0.15, 0.2) is 0 Å². The Morgan fingerprint density at radius 3 is 2.50 bits per heavy atom. The summed E-state index contributed by atoms with van der Waals surface area (Å²) in [5.41, 5.74) is -2.23. The second-order valence-corrected chi connectivity index (χ2v) is 4.75. The second kappa shape index (κ2) is 4.93. The van der Waals surface area contributed by atoms with Crippen molar-refractivity contribution in [2.24, 2.45) is 0 Å². The molecule has 5 nitrogen and oxygen atoms in total. The lowest BCUT2D eigenvalue weighted by atomic mass is 9.89. The van der Waals surface area contributed by atoms with Gasteiger partial charge in [-0.05, 0) is 18.9 Å². The molecule has 20 heavy (non-hydrogen) atoms. The van der Waals surface area contributed by atoms with Gasteiger partial charge < -0.3 is 15.0 Å². The van der Waals surface area contributed by atoms with Crippen molar-refractivity contribution in [2.75, 3.05) is 5.32 Å². The Morgan fingerprint density at radius 2 is 2.10 bits per heavy atom. The summed E-state index contributed by atoms with van der Waals surface area (Å²) >= 11 is 0. The molecule has 1 heterocycles. The van der Waals surface area contributed by atoms with E-state index in [9.17, 15) is 27.9 Å². The van der Waals surface area contributed by atoms with Gasteiger partial charge in [-0.3, -0.25) is 9.59 Å². The zero-order chi connectivity index (χ0) is 15.1. The molecule has 1 aromatic rings. The Labute approximate surface area is 112 Å². The van der Waals surface area contributed by atoms with E-state index in [4.69, 9.17) is 0 Å². The zero-order valence-electron chi connectivity index (χ0n) is 10.6. The van der Waals surface area contributed by atoms with Gasteiger partial charge in [0, 0.05) is 13.1 Å². The third-order valence-corrected chi connectivity index (χ3v) is 3.24. The first kappa shape index (κ1) is 14.6. The molecule has 2 rings (SSSR count). The molecule has 1 amide bonds. The summed E-state index contributed by atoms with van der Waals surface area (Å²) in [5, 5.41) is 11.6. The van der Waals surface area contributed by atoms with E-state index in [0.717, 1.165) is 11.5 Å². The van der Waals surface area contributed by atoms with Crippen LogP contribution in [0.15, 0.2) is 17.1 Å². The summed E-state index contributed by atoms with van der Waals surface area (Å²) in [5.74, 6) is -0.637. The number of carbonyl (C=O) groups excluding carboxylic acids is 1. The lowest BCUT2D eigenvalue weighted by Gasteiger charge is -2.34. The van der Waals surface area contributed by atoms with Crippen LogP contribution in [0.4, 0.5) is 18.9 Å². The van der Waals surface area contributed by atoms with Crippen LogP contribution in [0, 0.1) is 0 Å². The summed E-state index contributed by atoms with van der Waals surface area (Å²) in [6, 6.07) is -0.0806. The first-order valence-electron chi connectivity index (χ1n) is 5.99. The van der Waals surface area contributed by atoms with Gasteiger partial charge in [-0.15, -0.1) is 0 Å². The molecule has 0 radical (unpaired) electrons. The van der Waals surface area contributed by atoms with Gasteiger partial charge in [-0.2, -0.15) is 13.2 Å². The van der Waals surface area contributed by atoms with Crippen LogP contribution in [0.25, 0.3) is 0 Å². The summed E-state index contributed by atoms with van der Waals surface area (Å²) in [7, 11) is 0. The lowest BCUT2D eigenvalue weighted by molar-refractivity contribution is -0.138. The average molecular weight is 290 g/mol. The minimum Gasteiger partial charge on any atom is -0.391 e. The van der Waals surface area contributed by atoms with E-state index in [-0.39, 0.29) is 0 Å². The number of anilines is 1. The van der Waals surface area contributed by atoms with Crippen LogP contribution in [-0.2, 0) is 11.0 Å². The molecule has 8 heteroatoms. The third kappa shape index (κ3) is 2.69. The first-order chi connectivity index (χ1) is 9.20. The normalized spacial score (nSPS) is 22.2. The predicted molar refractivity (Wildman–Crippen MR) is 64.3 cm³/mol. The fourth-order valence-corrected chi connectivity index (χ4v) is 2.07. The number of aromatic nitrogens is 1. The minimum atomic E-state index is -4.64. The van der Waals surface area contributed by atoms with Crippen LogP contribution < -0.4 is 10.9 Å². The van der Waals surface area contributed by atoms with Crippen LogP contribution in [0.2, 0.25) is 0 Å². The maximum Gasteiger partial charge on any atom is 0.417 e. The molecule has 0 aliphatic heterocycles. The van der Waals surface area contributed by atoms with Crippen molar-refractivity contribution >= 4 is 11.6 Å². The van der Waals surface area contributed by atoms with Gasteiger partial charge >= 0.3 is 6.18 Å². The molecule has 1 aromatic heterocycles. The Bertz CT molecular complexity index is 595. The number of halogens is 3. The van der Waals surface area contributed by atoms with E-state index >= 15 is 0 Å². The van der Waals surface area contributed by atoms with E-state index < -0.39 is 41.0 Å². The molecule has 110 valence electrons. The largest absolute Gasteiger partial charge is 0.417 e. The molecule has 0 spiro atoms. The van der Waals surface area contributed by atoms with Gasteiger partial charge in [0.1, 0.15) is 5.69 Å². The monoisotopic (exact) mass is 290 g/mol. The topological polar surface area (TPSA) is 71.3 Å². The highest BCUT2D eigenvalue weighted by Gasteiger charge is 2.36. The SMILES string of the molecule is CC(=O)Nc1cc(C(F)(F)F)cn([C@@H]2CC[C@@H]2O)c1=O. The van der Waals surface area contributed by atoms with Crippen molar-refractivity contribution in [1.29, 1.82) is 0 Å². The van der Waals surface area contributed by atoms with Crippen LogP contribution in [-0.4, -0.2) is 21.7 Å². The van der Waals surface area contributed by atoms with Crippen LogP contribution in [0.3, 0.4) is 0 Å². The number of nitrogens with one attached hydrogen (secondary N) is 1. The highest BCUT2D eigenvalue weighted by Crippen LogP contribution is 2.34. The molecule has 1 aliphatic rings. The Balaban J connectivity index is 2.54. The number of nitrogens with zero attached hydrogens (tertiary/aromatic N) is 1. The van der Waals surface area contributed by atoms with Crippen molar-refractivity contribution in [2.45, 2.75) is 38.1 Å².